The molecule has 0 saturated heterocycles. The summed E-state index contributed by atoms with van der Waals surface area (Å²) in [7, 11) is 4.00. The quantitative estimate of drug-likeness (QED) is 0.191. The zero-order chi connectivity index (χ0) is 24.1. The molecule has 0 aliphatic heterocycles. The van der Waals surface area contributed by atoms with Crippen LogP contribution in [0.15, 0.2) is 82.4 Å². The summed E-state index contributed by atoms with van der Waals surface area (Å²) in [4.78, 5) is 19.5. The van der Waals surface area contributed by atoms with E-state index in [0.29, 0.717) is 26.4 Å². The lowest BCUT2D eigenvalue weighted by Crippen LogP contribution is -2.11. The first-order chi connectivity index (χ1) is 16.4. The summed E-state index contributed by atoms with van der Waals surface area (Å²) in [5.74, 6) is -0.220. The number of amides is 1. The van der Waals surface area contributed by atoms with Crippen LogP contribution < -0.4 is 15.6 Å². The van der Waals surface area contributed by atoms with Gasteiger partial charge < -0.3 is 10.2 Å². The van der Waals surface area contributed by atoms with Crippen molar-refractivity contribution >= 4 is 66.8 Å². The minimum atomic E-state index is -0.220. The van der Waals surface area contributed by atoms with Crippen molar-refractivity contribution < 1.29 is 4.79 Å². The number of hydrogen-bond acceptors (Lipinski definition) is 6. The van der Waals surface area contributed by atoms with Gasteiger partial charge in [-0.15, -0.1) is 0 Å². The Hall–Kier alpha value is -3.20. The monoisotopic (exact) mass is 553 g/mol. The Bertz CT molecular complexity index is 1300. The van der Waals surface area contributed by atoms with Crippen LogP contribution in [0, 0.1) is 0 Å². The molecule has 6 nitrogen and oxygen atoms in total. The normalized spacial score (nSPS) is 10.9. The van der Waals surface area contributed by atoms with Crippen LogP contribution in [0.3, 0.4) is 0 Å². The smallest absolute Gasteiger partial charge is 0.256 e. The van der Waals surface area contributed by atoms with Gasteiger partial charge in [-0.25, -0.2) is 4.98 Å². The van der Waals surface area contributed by atoms with Gasteiger partial charge in [0.25, 0.3) is 5.91 Å². The molecule has 1 aromatic heterocycles. The lowest BCUT2D eigenvalue weighted by Gasteiger charge is -2.11. The van der Waals surface area contributed by atoms with E-state index in [1.54, 1.807) is 30.5 Å². The first-order valence-corrected chi connectivity index (χ1v) is 12.3. The fraction of sp³-hybridized carbons (Fsp3) is 0.0800. The van der Waals surface area contributed by atoms with Gasteiger partial charge in [0.2, 0.25) is 5.13 Å². The van der Waals surface area contributed by atoms with E-state index in [0.717, 1.165) is 21.3 Å². The van der Waals surface area contributed by atoms with Crippen molar-refractivity contribution in [3.63, 3.8) is 0 Å². The third kappa shape index (κ3) is 6.02. The van der Waals surface area contributed by atoms with Crippen LogP contribution in [-0.4, -0.2) is 31.2 Å². The number of carbonyl (C=O) groups excluding carboxylic acids is 1. The van der Waals surface area contributed by atoms with Gasteiger partial charge in [0.1, 0.15) is 10.7 Å². The highest BCUT2D eigenvalue weighted by Crippen LogP contribution is 2.36. The lowest BCUT2D eigenvalue weighted by atomic mass is 10.1. The predicted octanol–water partition coefficient (Wildman–Crippen LogP) is 6.99. The summed E-state index contributed by atoms with van der Waals surface area (Å²) in [5, 5.41) is 9.09. The summed E-state index contributed by atoms with van der Waals surface area (Å²) in [6.07, 6.45) is 1.73. The van der Waals surface area contributed by atoms with Gasteiger partial charge in [-0.2, -0.15) is 5.10 Å². The van der Waals surface area contributed by atoms with E-state index in [-0.39, 0.29) is 5.91 Å². The number of nitrogens with zero attached hydrogens (tertiary/aromatic N) is 3. The average molecular weight is 555 g/mol. The zero-order valence-corrected chi connectivity index (χ0v) is 21.6. The number of hydrogen-bond donors (Lipinski definition) is 2. The first kappa shape index (κ1) is 23.9. The third-order valence-electron chi connectivity index (χ3n) is 4.86. The second-order valence-corrected chi connectivity index (χ2v) is 9.87. The molecule has 2 N–H and O–H groups in total. The number of carbonyl (C=O) groups is 1. The molecule has 0 aliphatic rings. The van der Waals surface area contributed by atoms with Crippen molar-refractivity contribution in [1.29, 1.82) is 0 Å². The van der Waals surface area contributed by atoms with Crippen molar-refractivity contribution in [3.8, 4) is 11.3 Å². The summed E-state index contributed by atoms with van der Waals surface area (Å²) in [6.45, 7) is 0. The molecule has 0 bridgehead atoms. The summed E-state index contributed by atoms with van der Waals surface area (Å²) >= 11 is 10.7. The average Bonchev–Trinajstić information content (AvgIpc) is 3.22. The van der Waals surface area contributed by atoms with E-state index in [1.807, 2.05) is 67.5 Å². The first-order valence-electron chi connectivity index (χ1n) is 10.3. The molecule has 3 aromatic carbocycles. The van der Waals surface area contributed by atoms with Gasteiger partial charge in [0.15, 0.2) is 0 Å². The Balaban J connectivity index is 1.56. The molecule has 0 aliphatic carbocycles. The maximum atomic E-state index is 12.8. The van der Waals surface area contributed by atoms with Crippen LogP contribution in [0.2, 0.25) is 5.02 Å². The van der Waals surface area contributed by atoms with Gasteiger partial charge in [-0.1, -0.05) is 63.1 Å². The number of thiazole rings is 1. The molecule has 4 rings (SSSR count). The second kappa shape index (κ2) is 10.8. The minimum Gasteiger partial charge on any atom is -0.378 e. The molecule has 0 unspecified atom stereocenters. The molecule has 34 heavy (non-hydrogen) atoms. The molecule has 0 fully saturated rings. The molecule has 9 heteroatoms. The molecule has 4 aromatic rings. The number of rotatable bonds is 7. The van der Waals surface area contributed by atoms with Gasteiger partial charge in [0.05, 0.1) is 6.21 Å². The van der Waals surface area contributed by atoms with Gasteiger partial charge in [0, 0.05) is 40.4 Å². The van der Waals surface area contributed by atoms with E-state index < -0.39 is 0 Å². The SMILES string of the molecule is CN(C)c1ccc(/C=N/Nc2nc(-c3ccc(Cl)cc3)c(NC(=O)c3ccc(Br)cc3)s2)cc1. The van der Waals surface area contributed by atoms with Crippen LogP contribution in [0.5, 0.6) is 0 Å². The lowest BCUT2D eigenvalue weighted by molar-refractivity contribution is 0.102. The van der Waals surface area contributed by atoms with E-state index in [9.17, 15) is 4.79 Å². The van der Waals surface area contributed by atoms with Crippen LogP contribution in [0.1, 0.15) is 15.9 Å². The molecule has 0 atom stereocenters. The number of aromatic nitrogens is 1. The van der Waals surface area contributed by atoms with Crippen LogP contribution in [0.25, 0.3) is 11.3 Å². The Morgan fingerprint density at radius 1 is 1.03 bits per heavy atom. The van der Waals surface area contributed by atoms with E-state index >= 15 is 0 Å². The molecule has 1 heterocycles. The number of nitrogens with one attached hydrogen (secondary N) is 2. The van der Waals surface area contributed by atoms with Crippen molar-refractivity contribution in [2.45, 2.75) is 0 Å². The van der Waals surface area contributed by atoms with Crippen LogP contribution in [0.4, 0.5) is 15.8 Å². The van der Waals surface area contributed by atoms with Crippen molar-refractivity contribution in [3.05, 3.63) is 93.4 Å². The predicted molar refractivity (Wildman–Crippen MR) is 147 cm³/mol. The Kier molecular flexibility index (Phi) is 7.62. The number of halogens is 2. The molecular formula is C25H21BrClN5OS. The summed E-state index contributed by atoms with van der Waals surface area (Å²) < 4.78 is 0.907. The van der Waals surface area contributed by atoms with Gasteiger partial charge in [-0.3, -0.25) is 10.2 Å². The summed E-state index contributed by atoms with van der Waals surface area (Å²) in [5.41, 5.74) is 7.07. The minimum absolute atomic E-state index is 0.220. The van der Waals surface area contributed by atoms with E-state index in [1.165, 1.54) is 11.3 Å². The molecular weight excluding hydrogens is 534 g/mol. The van der Waals surface area contributed by atoms with Crippen LogP contribution in [-0.2, 0) is 0 Å². The number of anilines is 3. The highest BCUT2D eigenvalue weighted by atomic mass is 79.9. The fourth-order valence-corrected chi connectivity index (χ4v) is 4.28. The highest BCUT2D eigenvalue weighted by Gasteiger charge is 2.16. The van der Waals surface area contributed by atoms with Crippen molar-refractivity contribution in [2.24, 2.45) is 5.10 Å². The van der Waals surface area contributed by atoms with Crippen LogP contribution >= 0.6 is 38.9 Å². The Morgan fingerprint density at radius 2 is 1.71 bits per heavy atom. The standard InChI is InChI=1S/C25H21BrClN5OS/c1-32(2)21-13-3-16(4-14-21)15-28-31-25-29-22(17-7-11-20(27)12-8-17)24(34-25)30-23(33)18-5-9-19(26)10-6-18/h3-15H,1-2H3,(H,29,31)(H,30,33)/b28-15+. The largest absolute Gasteiger partial charge is 0.378 e. The Morgan fingerprint density at radius 3 is 2.35 bits per heavy atom. The summed E-state index contributed by atoms with van der Waals surface area (Å²) in [6, 6.07) is 22.5. The molecule has 0 saturated carbocycles. The topological polar surface area (TPSA) is 69.6 Å². The number of hydrazone groups is 1. The third-order valence-corrected chi connectivity index (χ3v) is 6.52. The number of benzene rings is 3. The zero-order valence-electron chi connectivity index (χ0n) is 18.4. The maximum Gasteiger partial charge on any atom is 0.256 e. The van der Waals surface area contributed by atoms with Crippen molar-refractivity contribution in [1.82, 2.24) is 4.98 Å². The van der Waals surface area contributed by atoms with Crippen molar-refractivity contribution in [2.75, 3.05) is 29.7 Å². The van der Waals surface area contributed by atoms with Gasteiger partial charge in [-0.05, 0) is 54.1 Å². The van der Waals surface area contributed by atoms with E-state index in [4.69, 9.17) is 11.6 Å². The Labute approximate surface area is 215 Å². The molecule has 0 radical (unpaired) electrons. The fourth-order valence-electron chi connectivity index (χ4n) is 3.05. The molecule has 172 valence electrons. The highest BCUT2D eigenvalue weighted by molar-refractivity contribution is 9.10. The second-order valence-electron chi connectivity index (χ2n) is 7.52. The van der Waals surface area contributed by atoms with E-state index in [2.05, 4.69) is 36.8 Å². The molecule has 1 amide bonds. The van der Waals surface area contributed by atoms with Gasteiger partial charge >= 0.3 is 0 Å². The molecule has 0 spiro atoms. The maximum absolute atomic E-state index is 12.8.